The van der Waals surface area contributed by atoms with Gasteiger partial charge < -0.3 is 10.3 Å². The van der Waals surface area contributed by atoms with E-state index in [0.29, 0.717) is 0 Å². The highest BCUT2D eigenvalue weighted by molar-refractivity contribution is 5.56. The van der Waals surface area contributed by atoms with Crippen LogP contribution < -0.4 is 5.73 Å². The van der Waals surface area contributed by atoms with Crippen molar-refractivity contribution in [3.63, 3.8) is 0 Å². The van der Waals surface area contributed by atoms with E-state index in [9.17, 15) is 4.39 Å². The van der Waals surface area contributed by atoms with Gasteiger partial charge in [-0.05, 0) is 25.0 Å². The molecule has 1 unspecified atom stereocenters. The van der Waals surface area contributed by atoms with Crippen LogP contribution in [0.25, 0.3) is 11.4 Å². The van der Waals surface area contributed by atoms with Crippen molar-refractivity contribution in [2.45, 2.75) is 25.4 Å². The summed E-state index contributed by atoms with van der Waals surface area (Å²) in [5.41, 5.74) is 7.96. The van der Waals surface area contributed by atoms with Gasteiger partial charge in [-0.15, -0.1) is 0 Å². The minimum atomic E-state index is -0.236. The molecular formula is C13H14FN3. The molecule has 88 valence electrons. The van der Waals surface area contributed by atoms with Gasteiger partial charge in [-0.1, -0.05) is 12.1 Å². The minimum Gasteiger partial charge on any atom is -0.327 e. The Bertz CT molecular complexity index is 547. The summed E-state index contributed by atoms with van der Waals surface area (Å²) >= 11 is 0. The van der Waals surface area contributed by atoms with Crippen molar-refractivity contribution in [2.75, 3.05) is 0 Å². The van der Waals surface area contributed by atoms with Crippen LogP contribution in [0.5, 0.6) is 0 Å². The highest BCUT2D eigenvalue weighted by atomic mass is 19.1. The third-order valence-corrected chi connectivity index (χ3v) is 3.21. The van der Waals surface area contributed by atoms with Crippen molar-refractivity contribution >= 4 is 0 Å². The number of aromatic nitrogens is 2. The number of hydrogen-bond donors (Lipinski definition) is 1. The molecule has 1 atom stereocenters. The van der Waals surface area contributed by atoms with Gasteiger partial charge in [-0.25, -0.2) is 9.37 Å². The fourth-order valence-corrected chi connectivity index (χ4v) is 2.33. The van der Waals surface area contributed by atoms with Crippen molar-refractivity contribution in [3.8, 4) is 11.4 Å². The van der Waals surface area contributed by atoms with E-state index in [2.05, 4.69) is 9.55 Å². The molecule has 0 saturated heterocycles. The number of nitrogens with zero attached hydrogens (tertiary/aromatic N) is 2. The number of benzene rings is 1. The Hall–Kier alpha value is -1.68. The average molecular weight is 231 g/mol. The summed E-state index contributed by atoms with van der Waals surface area (Å²) in [6.07, 6.45) is 3.81. The highest BCUT2D eigenvalue weighted by Crippen LogP contribution is 2.24. The van der Waals surface area contributed by atoms with Gasteiger partial charge in [-0.2, -0.15) is 0 Å². The van der Waals surface area contributed by atoms with Gasteiger partial charge in [0.2, 0.25) is 0 Å². The predicted octanol–water partition coefficient (Wildman–Crippen LogP) is 1.96. The van der Waals surface area contributed by atoms with Gasteiger partial charge in [0.1, 0.15) is 11.6 Å². The lowest BCUT2D eigenvalue weighted by atomic mass is 10.1. The molecule has 0 radical (unpaired) electrons. The van der Waals surface area contributed by atoms with Crippen LogP contribution in [0.4, 0.5) is 4.39 Å². The van der Waals surface area contributed by atoms with Crippen molar-refractivity contribution in [1.29, 1.82) is 0 Å². The summed E-state index contributed by atoms with van der Waals surface area (Å²) in [6.45, 7) is 0.765. The Labute approximate surface area is 99.1 Å². The maximum absolute atomic E-state index is 13.2. The smallest absolute Gasteiger partial charge is 0.140 e. The lowest BCUT2D eigenvalue weighted by molar-refractivity contribution is 0.463. The summed E-state index contributed by atoms with van der Waals surface area (Å²) in [7, 11) is 0. The van der Waals surface area contributed by atoms with E-state index in [1.54, 1.807) is 6.07 Å². The number of rotatable bonds is 1. The van der Waals surface area contributed by atoms with Crippen molar-refractivity contribution in [1.82, 2.24) is 9.55 Å². The molecule has 1 aromatic heterocycles. The molecule has 0 fully saturated rings. The van der Waals surface area contributed by atoms with E-state index < -0.39 is 0 Å². The molecule has 0 saturated carbocycles. The molecule has 0 bridgehead atoms. The summed E-state index contributed by atoms with van der Waals surface area (Å²) in [5.74, 6) is 0.578. The predicted molar refractivity (Wildman–Crippen MR) is 63.9 cm³/mol. The number of aryl methyl sites for hydroxylation is 1. The third-order valence-electron chi connectivity index (χ3n) is 3.21. The Morgan fingerprint density at radius 3 is 3.12 bits per heavy atom. The number of hydrogen-bond acceptors (Lipinski definition) is 2. The second-order valence-corrected chi connectivity index (χ2v) is 4.49. The maximum Gasteiger partial charge on any atom is 0.140 e. The van der Waals surface area contributed by atoms with Crippen molar-refractivity contribution < 1.29 is 4.39 Å². The van der Waals surface area contributed by atoms with E-state index in [4.69, 9.17) is 5.73 Å². The molecule has 3 rings (SSSR count). The van der Waals surface area contributed by atoms with Crippen LogP contribution in [0.1, 0.15) is 12.1 Å². The summed E-state index contributed by atoms with van der Waals surface area (Å²) < 4.78 is 15.3. The molecule has 2 N–H and O–H groups in total. The summed E-state index contributed by atoms with van der Waals surface area (Å²) in [5, 5.41) is 0. The van der Waals surface area contributed by atoms with E-state index >= 15 is 0 Å². The summed E-state index contributed by atoms with van der Waals surface area (Å²) in [4.78, 5) is 4.38. The molecule has 2 heterocycles. The van der Waals surface area contributed by atoms with E-state index in [0.717, 1.165) is 30.8 Å². The fourth-order valence-electron chi connectivity index (χ4n) is 2.33. The van der Waals surface area contributed by atoms with E-state index in [1.165, 1.54) is 17.8 Å². The molecule has 1 aliphatic heterocycles. The first-order valence-electron chi connectivity index (χ1n) is 5.80. The number of halogens is 1. The largest absolute Gasteiger partial charge is 0.327 e. The second kappa shape index (κ2) is 3.96. The lowest BCUT2D eigenvalue weighted by Gasteiger charge is -2.22. The Morgan fingerprint density at radius 1 is 1.41 bits per heavy atom. The molecule has 17 heavy (non-hydrogen) atoms. The average Bonchev–Trinajstić information content (AvgIpc) is 2.71. The Balaban J connectivity index is 2.07. The first-order valence-corrected chi connectivity index (χ1v) is 5.80. The zero-order valence-electron chi connectivity index (χ0n) is 9.44. The molecule has 0 amide bonds. The molecule has 0 aliphatic carbocycles. The highest BCUT2D eigenvalue weighted by Gasteiger charge is 2.19. The van der Waals surface area contributed by atoms with Crippen LogP contribution in [0, 0.1) is 5.82 Å². The van der Waals surface area contributed by atoms with Crippen LogP contribution in [0.2, 0.25) is 0 Å². The zero-order valence-corrected chi connectivity index (χ0v) is 9.44. The zero-order chi connectivity index (χ0) is 11.8. The molecular weight excluding hydrogens is 217 g/mol. The number of nitrogens with two attached hydrogens (primary N) is 1. The topological polar surface area (TPSA) is 43.8 Å². The van der Waals surface area contributed by atoms with Crippen molar-refractivity contribution in [3.05, 3.63) is 42.0 Å². The van der Waals surface area contributed by atoms with Gasteiger partial charge in [0.25, 0.3) is 0 Å². The normalized spacial score (nSPS) is 19.1. The van der Waals surface area contributed by atoms with Crippen LogP contribution in [0.15, 0.2) is 30.5 Å². The Morgan fingerprint density at radius 2 is 2.29 bits per heavy atom. The Kier molecular flexibility index (Phi) is 2.44. The molecule has 1 aromatic carbocycles. The van der Waals surface area contributed by atoms with Crippen LogP contribution >= 0.6 is 0 Å². The van der Waals surface area contributed by atoms with Gasteiger partial charge in [0.05, 0.1) is 0 Å². The van der Waals surface area contributed by atoms with Crippen LogP contribution in [-0.2, 0) is 13.0 Å². The van der Waals surface area contributed by atoms with Gasteiger partial charge >= 0.3 is 0 Å². The molecule has 4 heteroatoms. The lowest BCUT2D eigenvalue weighted by Crippen LogP contribution is -2.31. The van der Waals surface area contributed by atoms with Crippen LogP contribution in [-0.4, -0.2) is 15.6 Å². The minimum absolute atomic E-state index is 0.170. The van der Waals surface area contributed by atoms with E-state index in [1.807, 2.05) is 12.3 Å². The third kappa shape index (κ3) is 1.85. The van der Waals surface area contributed by atoms with Gasteiger partial charge in [0, 0.05) is 30.0 Å². The SMILES string of the molecule is NC1CCc2cnc(-c3cccc(F)c3)n2C1. The summed E-state index contributed by atoms with van der Waals surface area (Å²) in [6, 6.07) is 6.70. The monoisotopic (exact) mass is 231 g/mol. The first kappa shape index (κ1) is 10.5. The fraction of sp³-hybridized carbons (Fsp3) is 0.308. The molecule has 1 aliphatic rings. The first-order chi connectivity index (χ1) is 8.24. The second-order valence-electron chi connectivity index (χ2n) is 4.49. The maximum atomic E-state index is 13.2. The van der Waals surface area contributed by atoms with Crippen molar-refractivity contribution in [2.24, 2.45) is 5.73 Å². The van der Waals surface area contributed by atoms with E-state index in [-0.39, 0.29) is 11.9 Å². The van der Waals surface area contributed by atoms with Crippen LogP contribution in [0.3, 0.4) is 0 Å². The number of fused-ring (bicyclic) bond motifs is 1. The molecule has 0 spiro atoms. The van der Waals surface area contributed by atoms with Gasteiger partial charge in [-0.3, -0.25) is 0 Å². The quantitative estimate of drug-likeness (QED) is 0.815. The standard InChI is InChI=1S/C13H14FN3/c14-10-3-1-2-9(6-10)13-16-7-12-5-4-11(15)8-17(12)13/h1-3,6-7,11H,4-5,8,15H2. The van der Waals surface area contributed by atoms with Gasteiger partial charge in [0.15, 0.2) is 0 Å². The molecule has 2 aromatic rings. The molecule has 3 nitrogen and oxygen atoms in total. The number of imidazole rings is 1.